The van der Waals surface area contributed by atoms with Crippen molar-refractivity contribution < 1.29 is 4.57 Å². The smallest absolute Gasteiger partial charge is 0.183 e. The number of nitriles is 1. The summed E-state index contributed by atoms with van der Waals surface area (Å²) in [7, 11) is 0. The Labute approximate surface area is 189 Å². The van der Waals surface area contributed by atoms with Gasteiger partial charge in [0.05, 0.1) is 12.5 Å². The second-order valence-electron chi connectivity index (χ2n) is 7.69. The van der Waals surface area contributed by atoms with Crippen LogP contribution in [0, 0.1) is 11.3 Å². The van der Waals surface area contributed by atoms with E-state index >= 15 is 0 Å². The van der Waals surface area contributed by atoms with Crippen molar-refractivity contribution >= 4 is 11.6 Å². The van der Waals surface area contributed by atoms with Crippen molar-refractivity contribution in [1.82, 2.24) is 0 Å². The summed E-state index contributed by atoms with van der Waals surface area (Å²) >= 11 is 6.02. The average Bonchev–Trinajstić information content (AvgIpc) is 2.84. The summed E-state index contributed by atoms with van der Waals surface area (Å²) in [6.07, 6.45) is 3.59. The monoisotopic (exact) mass is 423 g/mol. The lowest BCUT2D eigenvalue weighted by Gasteiger charge is -2.27. The molecule has 3 aromatic carbocycles. The number of pyridine rings is 1. The van der Waals surface area contributed by atoms with Gasteiger partial charge < -0.3 is 0 Å². The highest BCUT2D eigenvalue weighted by Gasteiger charge is 2.37. The van der Waals surface area contributed by atoms with Gasteiger partial charge in [-0.1, -0.05) is 90.5 Å². The Morgan fingerprint density at radius 1 is 0.742 bits per heavy atom. The highest BCUT2D eigenvalue weighted by molar-refractivity contribution is 6.30. The van der Waals surface area contributed by atoms with Gasteiger partial charge in [-0.25, -0.2) is 4.57 Å². The van der Waals surface area contributed by atoms with Crippen LogP contribution in [0.2, 0.25) is 5.02 Å². The van der Waals surface area contributed by atoms with Gasteiger partial charge in [0, 0.05) is 23.6 Å². The first-order valence-corrected chi connectivity index (χ1v) is 10.8. The molecule has 0 saturated heterocycles. The summed E-state index contributed by atoms with van der Waals surface area (Å²) in [6.45, 7) is 0.836. The van der Waals surface area contributed by atoms with Crippen LogP contribution in [0.4, 0.5) is 0 Å². The molecule has 0 unspecified atom stereocenters. The van der Waals surface area contributed by atoms with E-state index in [1.165, 1.54) is 5.56 Å². The first-order chi connectivity index (χ1) is 15.2. The predicted molar refractivity (Wildman–Crippen MR) is 125 cm³/mol. The van der Waals surface area contributed by atoms with Gasteiger partial charge in [0.1, 0.15) is 5.41 Å². The van der Waals surface area contributed by atoms with Gasteiger partial charge in [-0.2, -0.15) is 5.26 Å². The van der Waals surface area contributed by atoms with Crippen molar-refractivity contribution in [3.63, 3.8) is 0 Å². The van der Waals surface area contributed by atoms with E-state index in [2.05, 4.69) is 59.3 Å². The Hall–Kier alpha value is -3.41. The number of nitrogens with zero attached hydrogens (tertiary/aromatic N) is 2. The Balaban J connectivity index is 1.70. The zero-order valence-electron chi connectivity index (χ0n) is 17.3. The predicted octanol–water partition coefficient (Wildman–Crippen LogP) is 5.92. The largest absolute Gasteiger partial charge is 0.202 e. The summed E-state index contributed by atoms with van der Waals surface area (Å²) in [6, 6.07) is 37.1. The van der Waals surface area contributed by atoms with E-state index in [0.717, 1.165) is 34.8 Å². The van der Waals surface area contributed by atoms with Crippen LogP contribution >= 0.6 is 11.6 Å². The van der Waals surface area contributed by atoms with Crippen LogP contribution < -0.4 is 4.57 Å². The number of aryl methyl sites for hydroxylation is 2. The molecule has 2 nitrogen and oxygen atoms in total. The topological polar surface area (TPSA) is 27.7 Å². The fourth-order valence-electron chi connectivity index (χ4n) is 4.05. The van der Waals surface area contributed by atoms with Crippen molar-refractivity contribution in [3.05, 3.63) is 137 Å². The summed E-state index contributed by atoms with van der Waals surface area (Å²) in [5, 5.41) is 11.2. The maximum absolute atomic E-state index is 10.5. The number of halogens is 1. The van der Waals surface area contributed by atoms with Gasteiger partial charge in [0.25, 0.3) is 0 Å². The van der Waals surface area contributed by atoms with E-state index in [1.807, 2.05) is 60.7 Å². The fourth-order valence-corrected chi connectivity index (χ4v) is 4.17. The molecule has 0 aliphatic rings. The minimum absolute atomic E-state index is 0.596. The molecule has 4 rings (SSSR count). The van der Waals surface area contributed by atoms with E-state index in [-0.39, 0.29) is 0 Å². The molecule has 0 bridgehead atoms. The molecule has 0 radical (unpaired) electrons. The third kappa shape index (κ3) is 4.68. The lowest BCUT2D eigenvalue weighted by molar-refractivity contribution is -0.704. The minimum atomic E-state index is -0.758. The molecule has 1 heterocycles. The average molecular weight is 424 g/mol. The Bertz CT molecular complexity index is 1120. The second kappa shape index (κ2) is 9.60. The highest BCUT2D eigenvalue weighted by Crippen LogP contribution is 2.34. The molecule has 3 heteroatoms. The lowest BCUT2D eigenvalue weighted by atomic mass is 9.72. The number of rotatable bonds is 7. The SMILES string of the molecule is N#CC(Cc1cccc[n+]1CCc1ccc(Cl)cc1)(c1ccccc1)c1ccccc1. The zero-order valence-corrected chi connectivity index (χ0v) is 18.0. The maximum Gasteiger partial charge on any atom is 0.183 e. The molecule has 0 spiro atoms. The van der Waals surface area contributed by atoms with E-state index in [0.29, 0.717) is 6.42 Å². The summed E-state index contributed by atoms with van der Waals surface area (Å²) in [5.41, 5.74) is 3.63. The molecule has 0 aliphatic carbocycles. The van der Waals surface area contributed by atoms with Gasteiger partial charge in [-0.3, -0.25) is 0 Å². The van der Waals surface area contributed by atoms with E-state index < -0.39 is 5.41 Å². The number of aromatic nitrogens is 1. The van der Waals surface area contributed by atoms with Crippen LogP contribution in [0.15, 0.2) is 109 Å². The molecular formula is C28H24ClN2+. The number of hydrogen-bond donors (Lipinski definition) is 0. The zero-order chi connectivity index (χ0) is 21.5. The van der Waals surface area contributed by atoms with Crippen molar-refractivity contribution in [2.75, 3.05) is 0 Å². The van der Waals surface area contributed by atoms with Gasteiger partial charge in [0.2, 0.25) is 0 Å². The van der Waals surface area contributed by atoms with Gasteiger partial charge in [0.15, 0.2) is 18.4 Å². The van der Waals surface area contributed by atoms with Crippen LogP contribution in [-0.4, -0.2) is 0 Å². The Kier molecular flexibility index (Phi) is 6.46. The Morgan fingerprint density at radius 2 is 1.32 bits per heavy atom. The van der Waals surface area contributed by atoms with Crippen molar-refractivity contribution in [2.45, 2.75) is 24.8 Å². The highest BCUT2D eigenvalue weighted by atomic mass is 35.5. The number of benzene rings is 3. The molecule has 0 saturated carbocycles. The second-order valence-corrected chi connectivity index (χ2v) is 8.12. The standard InChI is InChI=1S/C28H24ClN2/c29-26-16-14-23(15-17-26)18-20-31-19-8-7-13-27(31)21-28(22-30,24-9-3-1-4-10-24)25-11-5-2-6-12-25/h1-17,19H,18,20-21H2/q+1. The quantitative estimate of drug-likeness (QED) is 0.339. The van der Waals surface area contributed by atoms with E-state index in [4.69, 9.17) is 11.6 Å². The van der Waals surface area contributed by atoms with Crippen LogP contribution in [0.3, 0.4) is 0 Å². The molecule has 31 heavy (non-hydrogen) atoms. The molecule has 152 valence electrons. The molecule has 0 N–H and O–H groups in total. The Morgan fingerprint density at radius 3 is 1.90 bits per heavy atom. The molecule has 1 aromatic heterocycles. The minimum Gasteiger partial charge on any atom is -0.202 e. The van der Waals surface area contributed by atoms with Crippen LogP contribution in [0.5, 0.6) is 0 Å². The number of hydrogen-bond acceptors (Lipinski definition) is 1. The molecule has 4 aromatic rings. The fraction of sp³-hybridized carbons (Fsp3) is 0.143. The van der Waals surface area contributed by atoms with Gasteiger partial charge in [-0.15, -0.1) is 0 Å². The van der Waals surface area contributed by atoms with Crippen LogP contribution in [0.1, 0.15) is 22.4 Å². The van der Waals surface area contributed by atoms with E-state index in [1.54, 1.807) is 0 Å². The van der Waals surface area contributed by atoms with Crippen LogP contribution in [0.25, 0.3) is 0 Å². The third-order valence-corrected chi connectivity index (χ3v) is 6.01. The first kappa shape index (κ1) is 20.8. The lowest BCUT2D eigenvalue weighted by Crippen LogP contribution is -2.42. The molecule has 0 fully saturated rings. The summed E-state index contributed by atoms with van der Waals surface area (Å²) in [5.74, 6) is 0. The molecule has 0 amide bonds. The third-order valence-electron chi connectivity index (χ3n) is 5.76. The maximum atomic E-state index is 10.5. The van der Waals surface area contributed by atoms with E-state index in [9.17, 15) is 5.26 Å². The molecular weight excluding hydrogens is 400 g/mol. The van der Waals surface area contributed by atoms with Crippen molar-refractivity contribution in [2.24, 2.45) is 0 Å². The van der Waals surface area contributed by atoms with Gasteiger partial charge >= 0.3 is 0 Å². The van der Waals surface area contributed by atoms with Gasteiger partial charge in [-0.05, 0) is 28.8 Å². The van der Waals surface area contributed by atoms with Crippen LogP contribution in [-0.2, 0) is 24.8 Å². The van der Waals surface area contributed by atoms with Crippen molar-refractivity contribution in [3.8, 4) is 6.07 Å². The normalized spacial score (nSPS) is 11.1. The summed E-state index contributed by atoms with van der Waals surface area (Å²) < 4.78 is 2.26. The van der Waals surface area contributed by atoms with Crippen molar-refractivity contribution in [1.29, 1.82) is 5.26 Å². The molecule has 0 atom stereocenters. The summed E-state index contributed by atoms with van der Waals surface area (Å²) in [4.78, 5) is 0. The molecule has 0 aliphatic heterocycles. The first-order valence-electron chi connectivity index (χ1n) is 10.5.